The Morgan fingerprint density at radius 1 is 1.05 bits per heavy atom. The van der Waals surface area contributed by atoms with Crippen LogP contribution in [0.1, 0.15) is 5.56 Å². The lowest BCUT2D eigenvalue weighted by Gasteiger charge is -2.02. The van der Waals surface area contributed by atoms with E-state index in [1.54, 1.807) is 23.1 Å². The van der Waals surface area contributed by atoms with Crippen LogP contribution in [-0.4, -0.2) is 20.7 Å². The predicted molar refractivity (Wildman–Crippen MR) is 80.1 cm³/mol. The molecule has 5 nitrogen and oxygen atoms in total. The molecule has 5 heteroatoms. The van der Waals surface area contributed by atoms with Crippen molar-refractivity contribution in [3.63, 3.8) is 0 Å². The molecule has 0 atom stereocenters. The smallest absolute Gasteiger partial charge is 0.229 e. The van der Waals surface area contributed by atoms with Crippen molar-refractivity contribution in [1.82, 2.24) is 14.8 Å². The summed E-state index contributed by atoms with van der Waals surface area (Å²) in [5.41, 5.74) is 0.971. The fourth-order valence-electron chi connectivity index (χ4n) is 1.98. The minimum absolute atomic E-state index is 0.0903. The average Bonchev–Trinajstić information content (AvgIpc) is 2.97. The van der Waals surface area contributed by atoms with Crippen LogP contribution in [0.3, 0.4) is 0 Å². The van der Waals surface area contributed by atoms with Gasteiger partial charge in [0.05, 0.1) is 6.42 Å². The van der Waals surface area contributed by atoms with Gasteiger partial charge in [-0.1, -0.05) is 36.4 Å². The van der Waals surface area contributed by atoms with Crippen LogP contribution in [-0.2, 0) is 11.2 Å². The number of anilines is 1. The largest absolute Gasteiger partial charge is 0.309 e. The third kappa shape index (κ3) is 3.33. The highest BCUT2D eigenvalue weighted by Gasteiger charge is 2.07. The van der Waals surface area contributed by atoms with Gasteiger partial charge in [0.2, 0.25) is 5.91 Å². The Kier molecular flexibility index (Phi) is 3.73. The van der Waals surface area contributed by atoms with E-state index in [-0.39, 0.29) is 5.91 Å². The Hall–Kier alpha value is -2.95. The van der Waals surface area contributed by atoms with Crippen molar-refractivity contribution in [1.29, 1.82) is 0 Å². The molecule has 21 heavy (non-hydrogen) atoms. The van der Waals surface area contributed by atoms with Crippen LogP contribution >= 0.6 is 0 Å². The van der Waals surface area contributed by atoms with Gasteiger partial charge in [-0.25, -0.2) is 9.67 Å². The summed E-state index contributed by atoms with van der Waals surface area (Å²) in [6.07, 6.45) is 3.79. The van der Waals surface area contributed by atoms with E-state index < -0.39 is 0 Å². The summed E-state index contributed by atoms with van der Waals surface area (Å²) in [7, 11) is 0. The molecule has 3 rings (SSSR count). The minimum Gasteiger partial charge on any atom is -0.309 e. The number of benzene rings is 1. The van der Waals surface area contributed by atoms with Gasteiger partial charge >= 0.3 is 0 Å². The van der Waals surface area contributed by atoms with Crippen molar-refractivity contribution >= 4 is 11.7 Å². The van der Waals surface area contributed by atoms with E-state index in [1.165, 1.54) is 0 Å². The van der Waals surface area contributed by atoms with Crippen LogP contribution in [0.2, 0.25) is 0 Å². The summed E-state index contributed by atoms with van der Waals surface area (Å²) in [5.74, 6) is 1.13. The topological polar surface area (TPSA) is 59.8 Å². The molecule has 1 aromatic carbocycles. The molecule has 0 bridgehead atoms. The Bertz CT molecular complexity index is 722. The van der Waals surface area contributed by atoms with Crippen molar-refractivity contribution < 1.29 is 4.79 Å². The van der Waals surface area contributed by atoms with Crippen molar-refractivity contribution in [2.75, 3.05) is 5.32 Å². The van der Waals surface area contributed by atoms with E-state index >= 15 is 0 Å². The van der Waals surface area contributed by atoms with Crippen LogP contribution < -0.4 is 5.32 Å². The van der Waals surface area contributed by atoms with Gasteiger partial charge in [0.25, 0.3) is 0 Å². The molecule has 0 radical (unpaired) electrons. The number of aromatic nitrogens is 3. The molecule has 0 aliphatic carbocycles. The molecule has 0 saturated heterocycles. The van der Waals surface area contributed by atoms with Crippen molar-refractivity contribution in [3.8, 4) is 5.82 Å². The molecule has 0 unspecified atom stereocenters. The summed E-state index contributed by atoms with van der Waals surface area (Å²) < 4.78 is 1.62. The first kappa shape index (κ1) is 13.1. The van der Waals surface area contributed by atoms with Gasteiger partial charge in [-0.2, -0.15) is 0 Å². The number of nitrogens with zero attached hydrogens (tertiary/aromatic N) is 3. The van der Waals surface area contributed by atoms with Gasteiger partial charge in [0, 0.05) is 18.5 Å². The van der Waals surface area contributed by atoms with Crippen LogP contribution in [0, 0.1) is 0 Å². The van der Waals surface area contributed by atoms with Crippen LogP contribution in [0.5, 0.6) is 0 Å². The summed E-state index contributed by atoms with van der Waals surface area (Å²) in [4.78, 5) is 16.1. The lowest BCUT2D eigenvalue weighted by atomic mass is 10.1. The second kappa shape index (κ2) is 6.00. The second-order valence-electron chi connectivity index (χ2n) is 4.54. The number of hydrogen-bond acceptors (Lipinski definition) is 3. The van der Waals surface area contributed by atoms with E-state index in [0.29, 0.717) is 18.1 Å². The number of rotatable bonds is 4. The summed E-state index contributed by atoms with van der Waals surface area (Å²) in [6, 6.07) is 16.9. The third-order valence-corrected chi connectivity index (χ3v) is 2.95. The zero-order chi connectivity index (χ0) is 14.5. The molecule has 3 aromatic rings. The average molecular weight is 278 g/mol. The zero-order valence-corrected chi connectivity index (χ0v) is 11.3. The van der Waals surface area contributed by atoms with Crippen LogP contribution in [0.4, 0.5) is 5.82 Å². The van der Waals surface area contributed by atoms with Crippen LogP contribution in [0.25, 0.3) is 5.82 Å². The molecule has 0 fully saturated rings. The third-order valence-electron chi connectivity index (χ3n) is 2.95. The summed E-state index contributed by atoms with van der Waals surface area (Å²) in [5, 5.41) is 7.07. The van der Waals surface area contributed by atoms with Crippen molar-refractivity contribution in [2.45, 2.75) is 6.42 Å². The maximum Gasteiger partial charge on any atom is 0.229 e. The molecule has 1 amide bonds. The summed E-state index contributed by atoms with van der Waals surface area (Å²) in [6.45, 7) is 0. The fourth-order valence-corrected chi connectivity index (χ4v) is 1.98. The highest BCUT2D eigenvalue weighted by Crippen LogP contribution is 2.08. The number of carbonyl (C=O) groups excluding carboxylic acids is 1. The van der Waals surface area contributed by atoms with Crippen LogP contribution in [0.15, 0.2) is 67.0 Å². The van der Waals surface area contributed by atoms with Gasteiger partial charge in [-0.05, 0) is 17.7 Å². The standard InChI is InChI=1S/C16H14N4O/c21-16(12-13-6-2-1-3-7-13)18-14-9-11-20(19-14)15-8-4-5-10-17-15/h1-11H,12H2,(H,18,19,21). The van der Waals surface area contributed by atoms with Gasteiger partial charge in [0.15, 0.2) is 11.6 Å². The Morgan fingerprint density at radius 2 is 1.86 bits per heavy atom. The molecule has 2 heterocycles. The summed E-state index contributed by atoms with van der Waals surface area (Å²) >= 11 is 0. The van der Waals surface area contributed by atoms with E-state index in [9.17, 15) is 4.79 Å². The lowest BCUT2D eigenvalue weighted by molar-refractivity contribution is -0.115. The maximum atomic E-state index is 12.0. The van der Waals surface area contributed by atoms with Gasteiger partial charge in [-0.15, -0.1) is 5.10 Å². The molecule has 2 aromatic heterocycles. The molecular weight excluding hydrogens is 264 g/mol. The minimum atomic E-state index is -0.0903. The normalized spacial score (nSPS) is 10.3. The zero-order valence-electron chi connectivity index (χ0n) is 11.3. The van der Waals surface area contributed by atoms with Gasteiger partial charge < -0.3 is 5.32 Å². The first-order valence-electron chi connectivity index (χ1n) is 6.62. The van der Waals surface area contributed by atoms with E-state index in [2.05, 4.69) is 15.4 Å². The quantitative estimate of drug-likeness (QED) is 0.797. The predicted octanol–water partition coefficient (Wildman–Crippen LogP) is 2.45. The number of pyridine rings is 1. The number of hydrogen-bond donors (Lipinski definition) is 1. The number of nitrogens with one attached hydrogen (secondary N) is 1. The van der Waals surface area contributed by atoms with E-state index in [0.717, 1.165) is 5.56 Å². The Morgan fingerprint density at radius 3 is 2.62 bits per heavy atom. The maximum absolute atomic E-state index is 12.0. The first-order valence-corrected chi connectivity index (χ1v) is 6.62. The molecule has 0 saturated carbocycles. The van der Waals surface area contributed by atoms with Crippen molar-refractivity contribution in [2.24, 2.45) is 0 Å². The monoisotopic (exact) mass is 278 g/mol. The SMILES string of the molecule is O=C(Cc1ccccc1)Nc1ccn(-c2ccccn2)n1. The highest BCUT2D eigenvalue weighted by atomic mass is 16.1. The molecule has 0 aliphatic heterocycles. The van der Waals surface area contributed by atoms with E-state index in [4.69, 9.17) is 0 Å². The Balaban J connectivity index is 1.66. The molecule has 1 N–H and O–H groups in total. The second-order valence-corrected chi connectivity index (χ2v) is 4.54. The Labute approximate surface area is 122 Å². The molecule has 0 spiro atoms. The fraction of sp³-hybridized carbons (Fsp3) is 0.0625. The van der Waals surface area contributed by atoms with Gasteiger partial charge in [-0.3, -0.25) is 4.79 Å². The van der Waals surface area contributed by atoms with E-state index in [1.807, 2.05) is 48.5 Å². The first-order chi connectivity index (χ1) is 10.3. The number of carbonyl (C=O) groups is 1. The highest BCUT2D eigenvalue weighted by molar-refractivity contribution is 5.91. The number of amides is 1. The molecule has 104 valence electrons. The van der Waals surface area contributed by atoms with Crippen molar-refractivity contribution in [3.05, 3.63) is 72.6 Å². The lowest BCUT2D eigenvalue weighted by Crippen LogP contribution is -2.15. The molecular formula is C16H14N4O. The van der Waals surface area contributed by atoms with Gasteiger partial charge in [0.1, 0.15) is 0 Å². The molecule has 0 aliphatic rings.